The minimum absolute atomic E-state index is 0.00814. The molecule has 1 aromatic heterocycles. The Hall–Kier alpha value is -2.55. The third kappa shape index (κ3) is 3.76. The number of nitrogens with zero attached hydrogens (tertiary/aromatic N) is 1. The van der Waals surface area contributed by atoms with Crippen LogP contribution in [-0.4, -0.2) is 57.6 Å². The van der Waals surface area contributed by atoms with Gasteiger partial charge in [-0.3, -0.25) is 4.79 Å². The maximum Gasteiger partial charge on any atom is 0.197 e. The Morgan fingerprint density at radius 1 is 1.12 bits per heavy atom. The SMILES string of the molecule is COc1ccc(-c2cc(=O)c3c(OC)cc(OC)c([C@@H]4CCN(C)[C@H]4CO)c3o2)c(Br)c1. The first-order chi connectivity index (χ1) is 15.4. The van der Waals surface area contributed by atoms with Crippen molar-refractivity contribution in [2.45, 2.75) is 18.4 Å². The van der Waals surface area contributed by atoms with Gasteiger partial charge in [0.05, 0.1) is 27.9 Å². The fourth-order valence-electron chi connectivity index (χ4n) is 4.55. The Kier molecular flexibility index (Phi) is 6.46. The maximum atomic E-state index is 13.3. The fraction of sp³-hybridized carbons (Fsp3) is 0.375. The Labute approximate surface area is 194 Å². The highest BCUT2D eigenvalue weighted by molar-refractivity contribution is 9.10. The van der Waals surface area contributed by atoms with Crippen LogP contribution in [-0.2, 0) is 0 Å². The van der Waals surface area contributed by atoms with Gasteiger partial charge in [0.1, 0.15) is 34.0 Å². The summed E-state index contributed by atoms with van der Waals surface area (Å²) in [4.78, 5) is 15.4. The maximum absolute atomic E-state index is 13.3. The van der Waals surface area contributed by atoms with E-state index in [1.54, 1.807) is 20.3 Å². The molecular formula is C24H26BrNO6. The van der Waals surface area contributed by atoms with Gasteiger partial charge in [-0.15, -0.1) is 0 Å². The van der Waals surface area contributed by atoms with Crippen LogP contribution in [0.4, 0.5) is 0 Å². The fourth-order valence-corrected chi connectivity index (χ4v) is 5.10. The zero-order valence-corrected chi connectivity index (χ0v) is 20.1. The molecule has 170 valence electrons. The molecule has 0 radical (unpaired) electrons. The molecule has 0 spiro atoms. The molecule has 1 N–H and O–H groups in total. The van der Waals surface area contributed by atoms with E-state index in [-0.39, 0.29) is 24.0 Å². The van der Waals surface area contributed by atoms with Crippen LogP contribution < -0.4 is 19.6 Å². The van der Waals surface area contributed by atoms with Gasteiger partial charge in [0.2, 0.25) is 0 Å². The van der Waals surface area contributed by atoms with E-state index in [2.05, 4.69) is 20.8 Å². The molecule has 3 aromatic rings. The van der Waals surface area contributed by atoms with E-state index in [4.69, 9.17) is 18.6 Å². The van der Waals surface area contributed by atoms with Crippen LogP contribution in [0.1, 0.15) is 17.9 Å². The Morgan fingerprint density at radius 3 is 2.50 bits per heavy atom. The minimum atomic E-state index is -0.211. The Morgan fingerprint density at radius 2 is 1.88 bits per heavy atom. The number of fused-ring (bicyclic) bond motifs is 1. The summed E-state index contributed by atoms with van der Waals surface area (Å²) in [6, 6.07) is 8.56. The first-order valence-electron chi connectivity index (χ1n) is 10.3. The van der Waals surface area contributed by atoms with Crippen molar-refractivity contribution in [3.63, 3.8) is 0 Å². The van der Waals surface area contributed by atoms with Gasteiger partial charge >= 0.3 is 0 Å². The lowest BCUT2D eigenvalue weighted by atomic mass is 9.89. The number of likely N-dealkylation sites (tertiary alicyclic amines) is 1. The number of ether oxygens (including phenoxy) is 3. The lowest BCUT2D eigenvalue weighted by Gasteiger charge is -2.25. The summed E-state index contributed by atoms with van der Waals surface area (Å²) in [5.41, 5.74) is 1.71. The summed E-state index contributed by atoms with van der Waals surface area (Å²) in [5.74, 6) is 2.00. The summed E-state index contributed by atoms with van der Waals surface area (Å²) >= 11 is 3.55. The summed E-state index contributed by atoms with van der Waals surface area (Å²) in [6.45, 7) is 0.812. The molecule has 32 heavy (non-hydrogen) atoms. The second kappa shape index (κ2) is 9.13. The van der Waals surface area contributed by atoms with Gasteiger partial charge in [-0.05, 0) is 54.1 Å². The van der Waals surface area contributed by atoms with Gasteiger partial charge in [-0.2, -0.15) is 0 Å². The smallest absolute Gasteiger partial charge is 0.197 e. The largest absolute Gasteiger partial charge is 0.497 e. The molecule has 2 heterocycles. The van der Waals surface area contributed by atoms with Crippen LogP contribution >= 0.6 is 15.9 Å². The van der Waals surface area contributed by atoms with E-state index in [9.17, 15) is 9.90 Å². The molecule has 0 amide bonds. The van der Waals surface area contributed by atoms with Gasteiger partial charge in [0.15, 0.2) is 5.43 Å². The molecule has 1 saturated heterocycles. The van der Waals surface area contributed by atoms with E-state index in [1.165, 1.54) is 13.2 Å². The van der Waals surface area contributed by atoms with E-state index in [1.807, 2.05) is 25.2 Å². The molecule has 1 fully saturated rings. The van der Waals surface area contributed by atoms with Gasteiger partial charge in [-0.1, -0.05) is 0 Å². The van der Waals surface area contributed by atoms with Crippen LogP contribution in [0.2, 0.25) is 0 Å². The second-order valence-electron chi connectivity index (χ2n) is 7.85. The van der Waals surface area contributed by atoms with Crippen molar-refractivity contribution in [3.05, 3.63) is 50.6 Å². The molecule has 2 aromatic carbocycles. The van der Waals surface area contributed by atoms with Crippen LogP contribution in [0.5, 0.6) is 17.2 Å². The third-order valence-electron chi connectivity index (χ3n) is 6.23. The molecule has 0 bridgehead atoms. The molecule has 7 nitrogen and oxygen atoms in total. The molecule has 4 rings (SSSR count). The highest BCUT2D eigenvalue weighted by Crippen LogP contribution is 2.45. The molecule has 0 saturated carbocycles. The zero-order valence-electron chi connectivity index (χ0n) is 18.5. The van der Waals surface area contributed by atoms with E-state index >= 15 is 0 Å². The van der Waals surface area contributed by atoms with Crippen molar-refractivity contribution in [3.8, 4) is 28.6 Å². The molecule has 1 aliphatic heterocycles. The zero-order chi connectivity index (χ0) is 23.0. The number of hydrogen-bond donors (Lipinski definition) is 1. The van der Waals surface area contributed by atoms with Crippen LogP contribution in [0.25, 0.3) is 22.3 Å². The van der Waals surface area contributed by atoms with Crippen molar-refractivity contribution in [1.82, 2.24) is 4.90 Å². The monoisotopic (exact) mass is 503 g/mol. The van der Waals surface area contributed by atoms with Gasteiger partial charge < -0.3 is 28.6 Å². The Balaban J connectivity index is 2.03. The third-order valence-corrected chi connectivity index (χ3v) is 6.89. The molecule has 0 aliphatic carbocycles. The minimum Gasteiger partial charge on any atom is -0.497 e. The molecule has 2 atom stereocenters. The number of halogens is 1. The highest BCUT2D eigenvalue weighted by atomic mass is 79.9. The molecular weight excluding hydrogens is 478 g/mol. The van der Waals surface area contributed by atoms with Crippen LogP contribution in [0.3, 0.4) is 0 Å². The van der Waals surface area contributed by atoms with Crippen molar-refractivity contribution in [2.24, 2.45) is 0 Å². The average molecular weight is 504 g/mol. The number of aliphatic hydroxyl groups is 1. The standard InChI is InChI=1S/C24H26BrNO6/c1-26-8-7-15(17(26)12-27)22-20(30-3)11-21(31-4)23-18(28)10-19(32-24(22)23)14-6-5-13(29-2)9-16(14)25/h5-6,9-11,15,17,27H,7-8,12H2,1-4H3/t15-,17+/m1/s1. The molecule has 8 heteroatoms. The highest BCUT2D eigenvalue weighted by Gasteiger charge is 2.37. The first kappa shape index (κ1) is 22.6. The summed E-state index contributed by atoms with van der Waals surface area (Å²) in [6.07, 6.45) is 0.805. The number of methoxy groups -OCH3 is 3. The topological polar surface area (TPSA) is 81.4 Å². The van der Waals surface area contributed by atoms with Gasteiger partial charge in [0, 0.05) is 39.7 Å². The first-order valence-corrected chi connectivity index (χ1v) is 11.1. The quantitative estimate of drug-likeness (QED) is 0.543. The lowest BCUT2D eigenvalue weighted by Crippen LogP contribution is -2.32. The van der Waals surface area contributed by atoms with E-state index in [0.29, 0.717) is 34.0 Å². The number of likely N-dealkylation sites (N-methyl/N-ethyl adjacent to an activating group) is 1. The normalized spacial score (nSPS) is 18.8. The molecule has 1 aliphatic rings. The summed E-state index contributed by atoms with van der Waals surface area (Å²) in [7, 11) is 6.67. The van der Waals surface area contributed by atoms with Crippen LogP contribution in [0.15, 0.2) is 44.0 Å². The van der Waals surface area contributed by atoms with Crippen LogP contribution in [0, 0.1) is 0 Å². The average Bonchev–Trinajstić information content (AvgIpc) is 3.17. The predicted molar refractivity (Wildman–Crippen MR) is 126 cm³/mol. The van der Waals surface area contributed by atoms with Crippen molar-refractivity contribution >= 4 is 26.9 Å². The lowest BCUT2D eigenvalue weighted by molar-refractivity contribution is 0.171. The van der Waals surface area contributed by atoms with Crippen molar-refractivity contribution in [1.29, 1.82) is 0 Å². The van der Waals surface area contributed by atoms with Gasteiger partial charge in [-0.25, -0.2) is 0 Å². The van der Waals surface area contributed by atoms with E-state index in [0.717, 1.165) is 28.6 Å². The Bertz CT molecular complexity index is 1210. The van der Waals surface area contributed by atoms with E-state index < -0.39 is 0 Å². The van der Waals surface area contributed by atoms with Gasteiger partial charge in [0.25, 0.3) is 0 Å². The number of hydrogen-bond acceptors (Lipinski definition) is 7. The summed E-state index contributed by atoms with van der Waals surface area (Å²) in [5, 5.41) is 10.4. The number of aliphatic hydroxyl groups excluding tert-OH is 1. The molecule has 0 unspecified atom stereocenters. The second-order valence-corrected chi connectivity index (χ2v) is 8.70. The summed E-state index contributed by atoms with van der Waals surface area (Å²) < 4.78 is 23.7. The number of benzene rings is 2. The van der Waals surface area contributed by atoms with Crippen molar-refractivity contribution < 1.29 is 23.7 Å². The predicted octanol–water partition coefficient (Wildman–Crippen LogP) is 4.03. The van der Waals surface area contributed by atoms with Crippen molar-refractivity contribution in [2.75, 3.05) is 41.5 Å². The number of rotatable bonds is 6.